The molecule has 1 saturated heterocycles. The molecule has 0 aliphatic carbocycles. The van der Waals surface area contributed by atoms with Crippen molar-refractivity contribution in [2.75, 3.05) is 19.7 Å². The fourth-order valence-electron chi connectivity index (χ4n) is 1.82. The molecule has 1 aliphatic rings. The highest BCUT2D eigenvalue weighted by atomic mass is 16.6. The molecule has 1 heterocycles. The minimum atomic E-state index is -0.410. The highest BCUT2D eigenvalue weighted by Gasteiger charge is 2.26. The van der Waals surface area contributed by atoms with Crippen LogP contribution in [0.1, 0.15) is 47.0 Å². The largest absolute Gasteiger partial charge is 0.444 e. The maximum atomic E-state index is 11.8. The van der Waals surface area contributed by atoms with Crippen molar-refractivity contribution in [3.05, 3.63) is 0 Å². The molecule has 1 aliphatic heterocycles. The number of hydrogen-bond acceptors (Lipinski definition) is 3. The number of carbonyl (C=O) groups excluding carboxylic acids is 1. The van der Waals surface area contributed by atoms with Crippen molar-refractivity contribution in [2.45, 2.75) is 58.7 Å². The quantitative estimate of drug-likeness (QED) is 0.765. The van der Waals surface area contributed by atoms with Crippen LogP contribution in [0.25, 0.3) is 0 Å². The van der Waals surface area contributed by atoms with Crippen molar-refractivity contribution < 1.29 is 14.3 Å². The molecule has 0 aromatic rings. The van der Waals surface area contributed by atoms with Gasteiger partial charge in [-0.15, -0.1) is 0 Å². The highest BCUT2D eigenvalue weighted by Crippen LogP contribution is 2.17. The Morgan fingerprint density at radius 1 is 1.29 bits per heavy atom. The standard InChI is InChI=1S/C13H25NO3/c1-5-10-16-11-6-8-14(9-7-11)12(15)17-13(2,3)4/h11H,5-10H2,1-4H3. The maximum Gasteiger partial charge on any atom is 0.410 e. The SMILES string of the molecule is CCCOC1CCN(C(=O)OC(C)(C)C)CC1. The Balaban J connectivity index is 2.29. The summed E-state index contributed by atoms with van der Waals surface area (Å²) in [6, 6.07) is 0. The normalized spacial score (nSPS) is 18.2. The van der Waals surface area contributed by atoms with Gasteiger partial charge in [0, 0.05) is 19.7 Å². The summed E-state index contributed by atoms with van der Waals surface area (Å²) >= 11 is 0. The second kappa shape index (κ2) is 6.24. The molecule has 17 heavy (non-hydrogen) atoms. The van der Waals surface area contributed by atoms with Gasteiger partial charge < -0.3 is 14.4 Å². The van der Waals surface area contributed by atoms with Gasteiger partial charge in [-0.05, 0) is 40.0 Å². The molecule has 0 aromatic carbocycles. The molecule has 0 radical (unpaired) electrons. The fourth-order valence-corrected chi connectivity index (χ4v) is 1.82. The summed E-state index contributed by atoms with van der Waals surface area (Å²) in [4.78, 5) is 13.6. The van der Waals surface area contributed by atoms with Crippen molar-refractivity contribution >= 4 is 6.09 Å². The third kappa shape index (κ3) is 5.39. The van der Waals surface area contributed by atoms with Crippen LogP contribution < -0.4 is 0 Å². The summed E-state index contributed by atoms with van der Waals surface area (Å²) in [6.07, 6.45) is 2.99. The smallest absolute Gasteiger partial charge is 0.410 e. The van der Waals surface area contributed by atoms with Crippen molar-refractivity contribution in [2.24, 2.45) is 0 Å². The van der Waals surface area contributed by atoms with Crippen molar-refractivity contribution in [3.63, 3.8) is 0 Å². The van der Waals surface area contributed by atoms with E-state index in [2.05, 4.69) is 6.92 Å². The van der Waals surface area contributed by atoms with Crippen molar-refractivity contribution in [3.8, 4) is 0 Å². The number of piperidine rings is 1. The number of ether oxygens (including phenoxy) is 2. The first-order chi connectivity index (χ1) is 7.92. The average molecular weight is 243 g/mol. The Morgan fingerprint density at radius 3 is 2.35 bits per heavy atom. The van der Waals surface area contributed by atoms with E-state index >= 15 is 0 Å². The predicted molar refractivity (Wildman–Crippen MR) is 67.1 cm³/mol. The van der Waals surface area contributed by atoms with Gasteiger partial charge in [0.15, 0.2) is 0 Å². The van der Waals surface area contributed by atoms with Gasteiger partial charge in [0.25, 0.3) is 0 Å². The van der Waals surface area contributed by atoms with Gasteiger partial charge in [0.2, 0.25) is 0 Å². The van der Waals surface area contributed by atoms with Gasteiger partial charge in [-0.1, -0.05) is 6.92 Å². The van der Waals surface area contributed by atoms with Crippen LogP contribution in [0, 0.1) is 0 Å². The Hall–Kier alpha value is -0.770. The van der Waals surface area contributed by atoms with E-state index in [9.17, 15) is 4.79 Å². The van der Waals surface area contributed by atoms with E-state index in [4.69, 9.17) is 9.47 Å². The van der Waals surface area contributed by atoms with Gasteiger partial charge in [-0.3, -0.25) is 0 Å². The third-order valence-electron chi connectivity index (χ3n) is 2.65. The summed E-state index contributed by atoms with van der Waals surface area (Å²) in [5, 5.41) is 0. The number of likely N-dealkylation sites (tertiary alicyclic amines) is 1. The zero-order chi connectivity index (χ0) is 12.9. The highest BCUT2D eigenvalue weighted by molar-refractivity contribution is 5.68. The minimum absolute atomic E-state index is 0.202. The van der Waals surface area contributed by atoms with Crippen LogP contribution in [-0.2, 0) is 9.47 Å². The van der Waals surface area contributed by atoms with Crippen molar-refractivity contribution in [1.82, 2.24) is 4.90 Å². The average Bonchev–Trinajstić information content (AvgIpc) is 2.24. The molecule has 0 N–H and O–H groups in total. The lowest BCUT2D eigenvalue weighted by molar-refractivity contribution is -0.0111. The Labute approximate surface area is 104 Å². The number of amides is 1. The first-order valence-electron chi connectivity index (χ1n) is 6.52. The lowest BCUT2D eigenvalue weighted by atomic mass is 10.1. The summed E-state index contributed by atoms with van der Waals surface area (Å²) in [7, 11) is 0. The van der Waals surface area contributed by atoms with E-state index in [1.54, 1.807) is 4.90 Å². The van der Waals surface area contributed by atoms with E-state index in [0.29, 0.717) is 6.10 Å². The molecule has 0 spiro atoms. The molecular formula is C13H25NO3. The molecule has 100 valence electrons. The third-order valence-corrected chi connectivity index (χ3v) is 2.65. The second-order valence-corrected chi connectivity index (χ2v) is 5.54. The monoisotopic (exact) mass is 243 g/mol. The van der Waals surface area contributed by atoms with Crippen LogP contribution in [0.2, 0.25) is 0 Å². The summed E-state index contributed by atoms with van der Waals surface area (Å²) in [5.74, 6) is 0. The number of hydrogen-bond donors (Lipinski definition) is 0. The first-order valence-corrected chi connectivity index (χ1v) is 6.52. The molecule has 4 heteroatoms. The molecule has 0 aromatic heterocycles. The Morgan fingerprint density at radius 2 is 1.88 bits per heavy atom. The van der Waals surface area contributed by atoms with E-state index < -0.39 is 5.60 Å². The molecule has 1 fully saturated rings. The topological polar surface area (TPSA) is 38.8 Å². The van der Waals surface area contributed by atoms with Gasteiger partial charge in [-0.2, -0.15) is 0 Å². The van der Waals surface area contributed by atoms with Gasteiger partial charge in [0.05, 0.1) is 6.10 Å². The van der Waals surface area contributed by atoms with Crippen LogP contribution >= 0.6 is 0 Å². The first kappa shape index (κ1) is 14.3. The molecule has 1 rings (SSSR count). The van der Waals surface area contributed by atoms with Crippen molar-refractivity contribution in [1.29, 1.82) is 0 Å². The van der Waals surface area contributed by atoms with E-state index in [0.717, 1.165) is 39.0 Å². The maximum absolute atomic E-state index is 11.8. The number of nitrogens with zero attached hydrogens (tertiary/aromatic N) is 1. The van der Waals surface area contributed by atoms with Crippen LogP contribution in [0.5, 0.6) is 0 Å². The number of rotatable bonds is 3. The second-order valence-electron chi connectivity index (χ2n) is 5.54. The minimum Gasteiger partial charge on any atom is -0.444 e. The van der Waals surface area contributed by atoms with Crippen LogP contribution in [0.15, 0.2) is 0 Å². The fraction of sp³-hybridized carbons (Fsp3) is 0.923. The Bertz CT molecular complexity index is 240. The Kier molecular flexibility index (Phi) is 5.25. The molecule has 1 amide bonds. The van der Waals surface area contributed by atoms with E-state index in [1.807, 2.05) is 20.8 Å². The lowest BCUT2D eigenvalue weighted by Crippen LogP contribution is -2.43. The summed E-state index contributed by atoms with van der Waals surface area (Å²) in [5.41, 5.74) is -0.410. The van der Waals surface area contributed by atoms with Crippen LogP contribution in [-0.4, -0.2) is 42.4 Å². The number of carbonyl (C=O) groups is 1. The molecular weight excluding hydrogens is 218 g/mol. The summed E-state index contributed by atoms with van der Waals surface area (Å²) in [6.45, 7) is 10.1. The molecule has 0 bridgehead atoms. The lowest BCUT2D eigenvalue weighted by Gasteiger charge is -2.33. The zero-order valence-electron chi connectivity index (χ0n) is 11.5. The van der Waals surface area contributed by atoms with Gasteiger partial charge in [0.1, 0.15) is 5.60 Å². The zero-order valence-corrected chi connectivity index (χ0v) is 11.5. The van der Waals surface area contributed by atoms with Gasteiger partial charge >= 0.3 is 6.09 Å². The van der Waals surface area contributed by atoms with Crippen LogP contribution in [0.4, 0.5) is 4.79 Å². The van der Waals surface area contributed by atoms with E-state index in [-0.39, 0.29) is 6.09 Å². The van der Waals surface area contributed by atoms with Crippen LogP contribution in [0.3, 0.4) is 0 Å². The molecule has 0 atom stereocenters. The molecule has 0 unspecified atom stereocenters. The van der Waals surface area contributed by atoms with E-state index in [1.165, 1.54) is 0 Å². The molecule has 4 nitrogen and oxygen atoms in total. The summed E-state index contributed by atoms with van der Waals surface area (Å²) < 4.78 is 11.0. The predicted octanol–water partition coefficient (Wildman–Crippen LogP) is 2.81. The van der Waals surface area contributed by atoms with Gasteiger partial charge in [-0.25, -0.2) is 4.79 Å². The molecule has 0 saturated carbocycles.